The lowest BCUT2D eigenvalue weighted by molar-refractivity contribution is 0.158. The largest absolute Gasteiger partial charge is 0.477 e. The summed E-state index contributed by atoms with van der Waals surface area (Å²) < 4.78 is 5.80. The van der Waals surface area contributed by atoms with Crippen LogP contribution in [0.15, 0.2) is 53.7 Å². The summed E-state index contributed by atoms with van der Waals surface area (Å²) in [5, 5.41) is 7.04. The number of benzene rings is 1. The number of aromatic nitrogens is 1. The zero-order valence-corrected chi connectivity index (χ0v) is 18.8. The van der Waals surface area contributed by atoms with Crippen molar-refractivity contribution < 1.29 is 4.74 Å². The molecule has 1 aromatic heterocycles. The quantitative estimate of drug-likeness (QED) is 0.502. The molecule has 0 amide bonds. The molecule has 0 radical (unpaired) electrons. The number of hydrogen-bond donors (Lipinski definition) is 2. The van der Waals surface area contributed by atoms with E-state index in [1.807, 2.05) is 25.4 Å². The molecule has 1 atom stereocenters. The SMILES string of the molecule is CN=C(NCc1ccnc(OCC2CC2)c1)NC1CCN(C(C)c2ccccc2)CC1. The molecule has 166 valence electrons. The molecule has 2 aliphatic rings. The van der Waals surface area contributed by atoms with Crippen LogP contribution in [0.25, 0.3) is 0 Å². The van der Waals surface area contributed by atoms with Crippen LogP contribution < -0.4 is 15.4 Å². The third-order valence-corrected chi connectivity index (χ3v) is 6.35. The maximum atomic E-state index is 5.80. The van der Waals surface area contributed by atoms with E-state index in [9.17, 15) is 0 Å². The van der Waals surface area contributed by atoms with Crippen molar-refractivity contribution in [2.45, 2.75) is 51.2 Å². The van der Waals surface area contributed by atoms with Crippen LogP contribution >= 0.6 is 0 Å². The first-order valence-electron chi connectivity index (χ1n) is 11.5. The predicted molar refractivity (Wildman–Crippen MR) is 125 cm³/mol. The van der Waals surface area contributed by atoms with Gasteiger partial charge >= 0.3 is 0 Å². The van der Waals surface area contributed by atoms with E-state index in [0.29, 0.717) is 24.5 Å². The number of hydrogen-bond acceptors (Lipinski definition) is 4. The van der Waals surface area contributed by atoms with Crippen LogP contribution in [-0.4, -0.2) is 48.6 Å². The number of pyridine rings is 1. The fraction of sp³-hybridized carbons (Fsp3) is 0.520. The number of ether oxygens (including phenoxy) is 1. The number of likely N-dealkylation sites (tertiary alicyclic amines) is 1. The summed E-state index contributed by atoms with van der Waals surface area (Å²) in [6, 6.07) is 15.7. The lowest BCUT2D eigenvalue weighted by Gasteiger charge is -2.37. The Labute approximate surface area is 186 Å². The van der Waals surface area contributed by atoms with Crippen LogP contribution in [0.4, 0.5) is 0 Å². The van der Waals surface area contributed by atoms with E-state index in [0.717, 1.165) is 50.0 Å². The van der Waals surface area contributed by atoms with Gasteiger partial charge in [0.2, 0.25) is 5.88 Å². The number of nitrogens with zero attached hydrogens (tertiary/aromatic N) is 3. The normalized spacial score (nSPS) is 19.1. The lowest BCUT2D eigenvalue weighted by Crippen LogP contribution is -2.48. The zero-order valence-electron chi connectivity index (χ0n) is 18.8. The van der Waals surface area contributed by atoms with Crippen molar-refractivity contribution in [2.75, 3.05) is 26.7 Å². The predicted octanol–water partition coefficient (Wildman–Crippen LogP) is 3.76. The molecule has 6 heteroatoms. The first-order valence-corrected chi connectivity index (χ1v) is 11.5. The average Bonchev–Trinajstić information content (AvgIpc) is 3.66. The Morgan fingerprint density at radius 3 is 2.65 bits per heavy atom. The molecule has 1 saturated heterocycles. The molecule has 2 N–H and O–H groups in total. The third kappa shape index (κ3) is 6.44. The number of aliphatic imine (C=N–C) groups is 1. The summed E-state index contributed by atoms with van der Waals surface area (Å²) in [5.41, 5.74) is 2.54. The first kappa shape index (κ1) is 21.6. The second kappa shape index (κ2) is 10.6. The van der Waals surface area contributed by atoms with Crippen molar-refractivity contribution in [1.29, 1.82) is 0 Å². The first-order chi connectivity index (χ1) is 15.2. The topological polar surface area (TPSA) is 61.8 Å². The highest BCUT2D eigenvalue weighted by Crippen LogP contribution is 2.29. The molecule has 1 aromatic carbocycles. The van der Waals surface area contributed by atoms with Gasteiger partial charge in [-0.05, 0) is 55.7 Å². The van der Waals surface area contributed by atoms with E-state index in [4.69, 9.17) is 4.74 Å². The zero-order chi connectivity index (χ0) is 21.5. The van der Waals surface area contributed by atoms with Crippen LogP contribution in [0.2, 0.25) is 0 Å². The Bertz CT molecular complexity index is 844. The third-order valence-electron chi connectivity index (χ3n) is 6.35. The molecule has 1 saturated carbocycles. The van der Waals surface area contributed by atoms with E-state index in [1.54, 1.807) is 0 Å². The Morgan fingerprint density at radius 1 is 1.16 bits per heavy atom. The van der Waals surface area contributed by atoms with Crippen LogP contribution in [0.3, 0.4) is 0 Å². The molecule has 1 aliphatic carbocycles. The van der Waals surface area contributed by atoms with Gasteiger partial charge in [-0.2, -0.15) is 0 Å². The Hall–Kier alpha value is -2.60. The Morgan fingerprint density at radius 2 is 1.94 bits per heavy atom. The molecule has 31 heavy (non-hydrogen) atoms. The van der Waals surface area contributed by atoms with Crippen LogP contribution in [-0.2, 0) is 6.54 Å². The highest BCUT2D eigenvalue weighted by molar-refractivity contribution is 5.79. The molecule has 1 aliphatic heterocycles. The van der Waals surface area contributed by atoms with E-state index in [2.05, 4.69) is 62.8 Å². The molecular weight excluding hydrogens is 386 g/mol. The highest BCUT2D eigenvalue weighted by Gasteiger charge is 2.24. The summed E-state index contributed by atoms with van der Waals surface area (Å²) in [7, 11) is 1.83. The Kier molecular flexibility index (Phi) is 7.41. The number of piperidine rings is 1. The van der Waals surface area contributed by atoms with E-state index in [1.165, 1.54) is 18.4 Å². The summed E-state index contributed by atoms with van der Waals surface area (Å²) >= 11 is 0. The van der Waals surface area contributed by atoms with Crippen molar-refractivity contribution in [3.63, 3.8) is 0 Å². The van der Waals surface area contributed by atoms with Gasteiger partial charge in [-0.25, -0.2) is 4.98 Å². The maximum Gasteiger partial charge on any atom is 0.213 e. The van der Waals surface area contributed by atoms with Crippen LogP contribution in [0.1, 0.15) is 49.8 Å². The molecule has 2 aromatic rings. The van der Waals surface area contributed by atoms with Crippen molar-refractivity contribution >= 4 is 5.96 Å². The van der Waals surface area contributed by atoms with Crippen molar-refractivity contribution in [3.05, 3.63) is 59.8 Å². The summed E-state index contributed by atoms with van der Waals surface area (Å²) in [6.07, 6.45) is 6.62. The standard InChI is InChI=1S/C25H35N5O/c1-19(22-6-4-3-5-7-22)30-14-11-23(12-15-30)29-25(26-2)28-17-21-10-13-27-24(16-21)31-18-20-8-9-20/h3-7,10,13,16,19-20,23H,8-9,11-12,14-15,17-18H2,1-2H3,(H2,26,28,29). The average molecular weight is 422 g/mol. The van der Waals surface area contributed by atoms with E-state index < -0.39 is 0 Å². The lowest BCUT2D eigenvalue weighted by atomic mass is 10.0. The van der Waals surface area contributed by atoms with Crippen molar-refractivity contribution in [3.8, 4) is 5.88 Å². The maximum absolute atomic E-state index is 5.80. The van der Waals surface area contributed by atoms with Gasteiger partial charge in [-0.1, -0.05) is 30.3 Å². The van der Waals surface area contributed by atoms with Crippen molar-refractivity contribution in [2.24, 2.45) is 10.9 Å². The fourth-order valence-corrected chi connectivity index (χ4v) is 4.07. The minimum absolute atomic E-state index is 0.445. The number of guanidine groups is 1. The minimum atomic E-state index is 0.445. The molecule has 2 heterocycles. The van der Waals surface area contributed by atoms with Gasteiger partial charge in [-0.3, -0.25) is 9.89 Å². The molecule has 1 unspecified atom stereocenters. The van der Waals surface area contributed by atoms with Gasteiger partial charge in [0.15, 0.2) is 5.96 Å². The monoisotopic (exact) mass is 421 g/mol. The van der Waals surface area contributed by atoms with Crippen molar-refractivity contribution in [1.82, 2.24) is 20.5 Å². The molecule has 0 spiro atoms. The molecule has 6 nitrogen and oxygen atoms in total. The smallest absolute Gasteiger partial charge is 0.213 e. The molecule has 2 fully saturated rings. The number of rotatable bonds is 8. The second-order valence-corrected chi connectivity index (χ2v) is 8.72. The molecule has 0 bridgehead atoms. The van der Waals surface area contributed by atoms with Gasteiger partial charge in [0.05, 0.1) is 6.61 Å². The fourth-order valence-electron chi connectivity index (χ4n) is 4.07. The van der Waals surface area contributed by atoms with Crippen LogP contribution in [0, 0.1) is 5.92 Å². The highest BCUT2D eigenvalue weighted by atomic mass is 16.5. The minimum Gasteiger partial charge on any atom is -0.477 e. The number of nitrogens with one attached hydrogen (secondary N) is 2. The molecular formula is C25H35N5O. The van der Waals surface area contributed by atoms with Gasteiger partial charge in [0, 0.05) is 51.0 Å². The molecule has 4 rings (SSSR count). The second-order valence-electron chi connectivity index (χ2n) is 8.72. The van der Waals surface area contributed by atoms with Gasteiger partial charge in [-0.15, -0.1) is 0 Å². The van der Waals surface area contributed by atoms with Gasteiger partial charge in [0.1, 0.15) is 0 Å². The van der Waals surface area contributed by atoms with E-state index in [-0.39, 0.29) is 0 Å². The summed E-state index contributed by atoms with van der Waals surface area (Å²) in [6.45, 7) is 5.98. The van der Waals surface area contributed by atoms with Crippen LogP contribution in [0.5, 0.6) is 5.88 Å². The summed E-state index contributed by atoms with van der Waals surface area (Å²) in [4.78, 5) is 11.3. The summed E-state index contributed by atoms with van der Waals surface area (Å²) in [5.74, 6) is 2.30. The van der Waals surface area contributed by atoms with Gasteiger partial charge in [0.25, 0.3) is 0 Å². The Balaban J connectivity index is 1.21. The van der Waals surface area contributed by atoms with Gasteiger partial charge < -0.3 is 15.4 Å². The van der Waals surface area contributed by atoms with E-state index >= 15 is 0 Å².